The number of nitrogens with one attached hydrogen (secondary N) is 1. The van der Waals surface area contributed by atoms with Gasteiger partial charge in [0.1, 0.15) is 5.75 Å². The van der Waals surface area contributed by atoms with Gasteiger partial charge < -0.3 is 15.0 Å². The minimum atomic E-state index is -0.610. The van der Waals surface area contributed by atoms with Gasteiger partial charge in [0, 0.05) is 19.6 Å². The first-order valence-electron chi connectivity index (χ1n) is 12.4. The number of methoxy groups -OCH3 is 1. The Morgan fingerprint density at radius 1 is 0.886 bits per heavy atom. The zero-order valence-corrected chi connectivity index (χ0v) is 20.4. The highest BCUT2D eigenvalue weighted by molar-refractivity contribution is 5.89. The molecule has 4 rings (SSSR count). The Bertz CT molecular complexity index is 1110. The zero-order chi connectivity index (χ0) is 24.5. The first-order valence-corrected chi connectivity index (χ1v) is 12.4. The van der Waals surface area contributed by atoms with Gasteiger partial charge in [-0.2, -0.15) is 0 Å². The van der Waals surface area contributed by atoms with E-state index < -0.39 is 5.41 Å². The van der Waals surface area contributed by atoms with E-state index in [1.807, 2.05) is 77.7 Å². The Labute approximate surface area is 208 Å². The van der Waals surface area contributed by atoms with Crippen LogP contribution >= 0.6 is 0 Å². The molecule has 0 bridgehead atoms. The molecule has 1 saturated heterocycles. The second-order valence-electron chi connectivity index (χ2n) is 9.20. The van der Waals surface area contributed by atoms with Crippen LogP contribution in [0.1, 0.15) is 36.0 Å². The molecule has 3 aromatic rings. The average molecular weight is 471 g/mol. The number of aryl methyl sites for hydroxylation is 1. The molecular formula is C30H34N2O3. The number of hydrogen-bond donors (Lipinski definition) is 1. The largest absolute Gasteiger partial charge is 0.497 e. The van der Waals surface area contributed by atoms with E-state index in [-0.39, 0.29) is 11.8 Å². The number of likely N-dealkylation sites (tertiary alicyclic amines) is 1. The number of piperidine rings is 1. The van der Waals surface area contributed by atoms with Crippen molar-refractivity contribution in [1.82, 2.24) is 10.2 Å². The standard InChI is InChI=1S/C30H34N2O3/c1-35-27-16-8-12-25(22-27)23-28(33)32-20-17-30(18-21-32,26-14-6-3-7-15-26)29(34)31-19-9-13-24-10-4-2-5-11-24/h2-8,10-12,14-16,22H,9,13,17-21,23H2,1H3,(H,31,34). The zero-order valence-electron chi connectivity index (χ0n) is 20.4. The van der Waals surface area contributed by atoms with Crippen LogP contribution in [0.4, 0.5) is 0 Å². The number of carbonyl (C=O) groups excluding carboxylic acids is 2. The van der Waals surface area contributed by atoms with E-state index in [0.29, 0.717) is 38.9 Å². The van der Waals surface area contributed by atoms with Gasteiger partial charge in [-0.3, -0.25) is 9.59 Å². The van der Waals surface area contributed by atoms with Crippen molar-refractivity contribution in [3.63, 3.8) is 0 Å². The molecule has 5 nitrogen and oxygen atoms in total. The third-order valence-electron chi connectivity index (χ3n) is 6.99. The second-order valence-corrected chi connectivity index (χ2v) is 9.20. The molecule has 0 saturated carbocycles. The summed E-state index contributed by atoms with van der Waals surface area (Å²) < 4.78 is 5.28. The third kappa shape index (κ3) is 6.10. The number of nitrogens with zero attached hydrogens (tertiary/aromatic N) is 1. The molecule has 1 fully saturated rings. The molecule has 3 aromatic carbocycles. The van der Waals surface area contributed by atoms with E-state index in [4.69, 9.17) is 4.74 Å². The van der Waals surface area contributed by atoms with Crippen molar-refractivity contribution in [1.29, 1.82) is 0 Å². The topological polar surface area (TPSA) is 58.6 Å². The molecule has 0 spiro atoms. The maximum absolute atomic E-state index is 13.5. The highest BCUT2D eigenvalue weighted by atomic mass is 16.5. The van der Waals surface area contributed by atoms with Crippen LogP contribution in [0.25, 0.3) is 0 Å². The van der Waals surface area contributed by atoms with E-state index in [1.165, 1.54) is 5.56 Å². The molecule has 35 heavy (non-hydrogen) atoms. The van der Waals surface area contributed by atoms with Gasteiger partial charge in [-0.25, -0.2) is 0 Å². The number of ether oxygens (including phenoxy) is 1. The summed E-state index contributed by atoms with van der Waals surface area (Å²) in [7, 11) is 1.63. The molecule has 0 radical (unpaired) electrons. The number of hydrogen-bond acceptors (Lipinski definition) is 3. The summed E-state index contributed by atoms with van der Waals surface area (Å²) in [6.07, 6.45) is 3.40. The summed E-state index contributed by atoms with van der Waals surface area (Å²) in [5.41, 5.74) is 2.63. The molecule has 1 aliphatic heterocycles. The van der Waals surface area contributed by atoms with Crippen LogP contribution in [0.3, 0.4) is 0 Å². The summed E-state index contributed by atoms with van der Waals surface area (Å²) >= 11 is 0. The molecule has 0 aliphatic carbocycles. The van der Waals surface area contributed by atoms with E-state index in [0.717, 1.165) is 29.7 Å². The molecule has 182 valence electrons. The number of amides is 2. The van der Waals surface area contributed by atoms with Gasteiger partial charge in [0.05, 0.1) is 18.9 Å². The van der Waals surface area contributed by atoms with E-state index in [1.54, 1.807) is 7.11 Å². The van der Waals surface area contributed by atoms with Crippen LogP contribution in [0.2, 0.25) is 0 Å². The fraction of sp³-hybridized carbons (Fsp3) is 0.333. The Kier molecular flexibility index (Phi) is 8.19. The smallest absolute Gasteiger partial charge is 0.230 e. The number of rotatable bonds is 9. The Morgan fingerprint density at radius 3 is 2.23 bits per heavy atom. The summed E-state index contributed by atoms with van der Waals surface area (Å²) in [5.74, 6) is 0.904. The fourth-order valence-corrected chi connectivity index (χ4v) is 4.92. The monoisotopic (exact) mass is 470 g/mol. The van der Waals surface area contributed by atoms with Crippen LogP contribution in [0.15, 0.2) is 84.9 Å². The fourth-order valence-electron chi connectivity index (χ4n) is 4.92. The SMILES string of the molecule is COc1cccc(CC(=O)N2CCC(C(=O)NCCCc3ccccc3)(c3ccccc3)CC2)c1. The molecule has 1 heterocycles. The van der Waals surface area contributed by atoms with E-state index in [2.05, 4.69) is 17.4 Å². The highest BCUT2D eigenvalue weighted by Crippen LogP contribution is 2.36. The molecule has 0 aromatic heterocycles. The van der Waals surface area contributed by atoms with Crippen LogP contribution in [0, 0.1) is 0 Å². The van der Waals surface area contributed by atoms with E-state index in [9.17, 15) is 9.59 Å². The van der Waals surface area contributed by atoms with Crippen molar-refractivity contribution in [3.05, 3.63) is 102 Å². The normalized spacial score (nSPS) is 14.8. The van der Waals surface area contributed by atoms with Crippen LogP contribution in [-0.2, 0) is 27.8 Å². The minimum absolute atomic E-state index is 0.0663. The van der Waals surface area contributed by atoms with Gasteiger partial charge in [0.2, 0.25) is 11.8 Å². The second kappa shape index (κ2) is 11.7. The van der Waals surface area contributed by atoms with Gasteiger partial charge in [-0.15, -0.1) is 0 Å². The van der Waals surface area contributed by atoms with Crippen molar-refractivity contribution in [2.45, 2.75) is 37.5 Å². The van der Waals surface area contributed by atoms with Crippen molar-refractivity contribution in [2.24, 2.45) is 0 Å². The van der Waals surface area contributed by atoms with Crippen molar-refractivity contribution in [3.8, 4) is 5.75 Å². The molecule has 2 amide bonds. The van der Waals surface area contributed by atoms with Crippen LogP contribution in [-0.4, -0.2) is 43.5 Å². The summed E-state index contributed by atoms with van der Waals surface area (Å²) in [4.78, 5) is 28.4. The summed E-state index contributed by atoms with van der Waals surface area (Å²) in [5, 5.41) is 3.20. The first-order chi connectivity index (χ1) is 17.1. The van der Waals surface area contributed by atoms with Gasteiger partial charge in [0.15, 0.2) is 0 Å². The molecule has 5 heteroatoms. The van der Waals surface area contributed by atoms with Crippen molar-refractivity contribution in [2.75, 3.05) is 26.7 Å². The summed E-state index contributed by atoms with van der Waals surface area (Å²) in [6.45, 7) is 1.77. The Balaban J connectivity index is 1.38. The Hall–Kier alpha value is -3.60. The number of benzene rings is 3. The lowest BCUT2D eigenvalue weighted by Gasteiger charge is -2.41. The highest BCUT2D eigenvalue weighted by Gasteiger charge is 2.43. The van der Waals surface area contributed by atoms with Gasteiger partial charge in [-0.05, 0) is 54.5 Å². The third-order valence-corrected chi connectivity index (χ3v) is 6.99. The average Bonchev–Trinajstić information content (AvgIpc) is 2.92. The maximum Gasteiger partial charge on any atom is 0.230 e. The predicted molar refractivity (Wildman–Crippen MR) is 138 cm³/mol. The van der Waals surface area contributed by atoms with E-state index >= 15 is 0 Å². The lowest BCUT2D eigenvalue weighted by atomic mass is 9.72. The number of carbonyl (C=O) groups is 2. The van der Waals surface area contributed by atoms with Gasteiger partial charge >= 0.3 is 0 Å². The summed E-state index contributed by atoms with van der Waals surface area (Å²) in [6, 6.07) is 28.0. The van der Waals surface area contributed by atoms with Gasteiger partial charge in [-0.1, -0.05) is 72.8 Å². The quantitative estimate of drug-likeness (QED) is 0.467. The lowest BCUT2D eigenvalue weighted by Crippen LogP contribution is -2.53. The molecule has 1 aliphatic rings. The lowest BCUT2D eigenvalue weighted by molar-refractivity contribution is -0.136. The molecule has 1 N–H and O–H groups in total. The predicted octanol–water partition coefficient (Wildman–Crippen LogP) is 4.55. The molecule has 0 unspecified atom stereocenters. The molecular weight excluding hydrogens is 436 g/mol. The van der Waals surface area contributed by atoms with Crippen molar-refractivity contribution >= 4 is 11.8 Å². The first kappa shape index (κ1) is 24.5. The Morgan fingerprint density at radius 2 is 1.54 bits per heavy atom. The van der Waals surface area contributed by atoms with Gasteiger partial charge in [0.25, 0.3) is 0 Å². The maximum atomic E-state index is 13.5. The minimum Gasteiger partial charge on any atom is -0.497 e. The van der Waals surface area contributed by atoms with Crippen LogP contribution in [0.5, 0.6) is 5.75 Å². The van der Waals surface area contributed by atoms with Crippen molar-refractivity contribution < 1.29 is 14.3 Å². The van der Waals surface area contributed by atoms with Crippen LogP contribution < -0.4 is 10.1 Å². The molecule has 0 atom stereocenters.